The van der Waals surface area contributed by atoms with Crippen LogP contribution in [0.15, 0.2) is 23.1 Å². The first-order valence-corrected chi connectivity index (χ1v) is 7.35. The highest BCUT2D eigenvalue weighted by molar-refractivity contribution is 7.89. The van der Waals surface area contributed by atoms with Crippen molar-refractivity contribution in [3.63, 3.8) is 0 Å². The SMILES string of the molecule is CCOCCN(C)S(=O)(=O)c1ccc(N)cc1OC. The van der Waals surface area contributed by atoms with Gasteiger partial charge in [0.15, 0.2) is 0 Å². The highest BCUT2D eigenvalue weighted by Gasteiger charge is 2.24. The van der Waals surface area contributed by atoms with Gasteiger partial charge >= 0.3 is 0 Å². The Balaban J connectivity index is 2.99. The van der Waals surface area contributed by atoms with Gasteiger partial charge in [0.05, 0.1) is 13.7 Å². The van der Waals surface area contributed by atoms with Crippen LogP contribution in [0, 0.1) is 0 Å². The Morgan fingerprint density at radius 3 is 2.63 bits per heavy atom. The van der Waals surface area contributed by atoms with E-state index in [1.807, 2.05) is 6.92 Å². The van der Waals surface area contributed by atoms with Gasteiger partial charge in [0, 0.05) is 32.0 Å². The predicted molar refractivity (Wildman–Crippen MR) is 73.7 cm³/mol. The van der Waals surface area contributed by atoms with Crippen LogP contribution in [0.5, 0.6) is 5.75 Å². The number of ether oxygens (including phenoxy) is 2. The maximum atomic E-state index is 12.4. The standard InChI is InChI=1S/C12H20N2O4S/c1-4-18-8-7-14(2)19(15,16)12-6-5-10(13)9-11(12)17-3/h5-6,9H,4,7-8,13H2,1-3H3. The summed E-state index contributed by atoms with van der Waals surface area (Å²) in [5.74, 6) is 0.239. The molecule has 0 bridgehead atoms. The molecule has 0 saturated heterocycles. The van der Waals surface area contributed by atoms with E-state index in [1.165, 1.54) is 36.7 Å². The van der Waals surface area contributed by atoms with Crippen LogP contribution >= 0.6 is 0 Å². The van der Waals surface area contributed by atoms with Gasteiger partial charge in [-0.2, -0.15) is 4.31 Å². The van der Waals surface area contributed by atoms with Gasteiger partial charge in [-0.15, -0.1) is 0 Å². The lowest BCUT2D eigenvalue weighted by Gasteiger charge is -2.18. The lowest BCUT2D eigenvalue weighted by Crippen LogP contribution is -2.30. The maximum Gasteiger partial charge on any atom is 0.246 e. The quantitative estimate of drug-likeness (QED) is 0.596. The zero-order valence-corrected chi connectivity index (χ0v) is 12.2. The van der Waals surface area contributed by atoms with Crippen LogP contribution in [0.4, 0.5) is 5.69 Å². The van der Waals surface area contributed by atoms with E-state index in [2.05, 4.69) is 0 Å². The lowest BCUT2D eigenvalue weighted by atomic mass is 10.3. The van der Waals surface area contributed by atoms with Gasteiger partial charge in [-0.3, -0.25) is 0 Å². The summed E-state index contributed by atoms with van der Waals surface area (Å²) in [7, 11) is -0.691. The molecule has 7 heteroatoms. The number of likely N-dealkylation sites (N-methyl/N-ethyl adjacent to an activating group) is 1. The summed E-state index contributed by atoms with van der Waals surface area (Å²) in [6.45, 7) is 3.05. The van der Waals surface area contributed by atoms with Crippen molar-refractivity contribution >= 4 is 15.7 Å². The van der Waals surface area contributed by atoms with Crippen molar-refractivity contribution in [3.05, 3.63) is 18.2 Å². The first kappa shape index (κ1) is 15.7. The van der Waals surface area contributed by atoms with Crippen LogP contribution in [0.25, 0.3) is 0 Å². The fourth-order valence-corrected chi connectivity index (χ4v) is 2.81. The molecule has 0 aliphatic carbocycles. The minimum atomic E-state index is -3.61. The Morgan fingerprint density at radius 2 is 2.05 bits per heavy atom. The van der Waals surface area contributed by atoms with Crippen LogP contribution in [-0.2, 0) is 14.8 Å². The van der Waals surface area contributed by atoms with E-state index in [0.717, 1.165) is 0 Å². The molecule has 1 aromatic carbocycles. The Labute approximate surface area is 114 Å². The van der Waals surface area contributed by atoms with Crippen molar-refractivity contribution in [1.82, 2.24) is 4.31 Å². The first-order valence-electron chi connectivity index (χ1n) is 5.91. The van der Waals surface area contributed by atoms with Crippen molar-refractivity contribution in [2.24, 2.45) is 0 Å². The number of nitrogens with zero attached hydrogens (tertiary/aromatic N) is 1. The van der Waals surface area contributed by atoms with Crippen LogP contribution in [0.3, 0.4) is 0 Å². The second-order valence-electron chi connectivity index (χ2n) is 3.93. The second kappa shape index (κ2) is 6.74. The number of nitrogen functional groups attached to an aromatic ring is 1. The number of methoxy groups -OCH3 is 1. The molecule has 108 valence electrons. The van der Waals surface area contributed by atoms with E-state index in [0.29, 0.717) is 18.9 Å². The molecule has 0 fully saturated rings. The number of hydrogen-bond acceptors (Lipinski definition) is 5. The zero-order chi connectivity index (χ0) is 14.5. The number of hydrogen-bond donors (Lipinski definition) is 1. The molecule has 0 aliphatic rings. The van der Waals surface area contributed by atoms with Gasteiger partial charge in [-0.25, -0.2) is 8.42 Å². The molecule has 0 saturated carbocycles. The number of nitrogens with two attached hydrogens (primary N) is 1. The van der Waals surface area contributed by atoms with Crippen LogP contribution in [-0.4, -0.2) is 46.6 Å². The number of anilines is 1. The summed E-state index contributed by atoms with van der Waals surface area (Å²) in [5.41, 5.74) is 6.06. The van der Waals surface area contributed by atoms with Gasteiger partial charge in [0.2, 0.25) is 10.0 Å². The monoisotopic (exact) mass is 288 g/mol. The summed E-state index contributed by atoms with van der Waals surface area (Å²) < 4.78 is 36.2. The average molecular weight is 288 g/mol. The Morgan fingerprint density at radius 1 is 1.37 bits per heavy atom. The fraction of sp³-hybridized carbons (Fsp3) is 0.500. The molecule has 1 aromatic rings. The molecular formula is C12H20N2O4S. The summed E-state index contributed by atoms with van der Waals surface area (Å²) in [6, 6.07) is 4.47. The van der Waals surface area contributed by atoms with Crippen LogP contribution in [0.1, 0.15) is 6.92 Å². The van der Waals surface area contributed by atoms with Gasteiger partial charge < -0.3 is 15.2 Å². The molecule has 0 atom stereocenters. The average Bonchev–Trinajstić information content (AvgIpc) is 2.38. The summed E-state index contributed by atoms with van der Waals surface area (Å²) in [5, 5.41) is 0. The van der Waals surface area contributed by atoms with Crippen molar-refractivity contribution in [3.8, 4) is 5.75 Å². The highest BCUT2D eigenvalue weighted by Crippen LogP contribution is 2.27. The smallest absolute Gasteiger partial charge is 0.246 e. The van der Waals surface area contributed by atoms with Crippen LogP contribution in [0.2, 0.25) is 0 Å². The number of benzene rings is 1. The van der Waals surface area contributed by atoms with E-state index < -0.39 is 10.0 Å². The lowest BCUT2D eigenvalue weighted by molar-refractivity contribution is 0.138. The largest absolute Gasteiger partial charge is 0.495 e. The Hall–Kier alpha value is -1.31. The molecule has 2 N–H and O–H groups in total. The molecule has 0 amide bonds. The minimum Gasteiger partial charge on any atom is -0.495 e. The Kier molecular flexibility index (Phi) is 5.59. The van der Waals surface area contributed by atoms with Gasteiger partial charge in [-0.05, 0) is 19.1 Å². The summed E-state index contributed by atoms with van der Waals surface area (Å²) in [6.07, 6.45) is 0. The molecule has 6 nitrogen and oxygen atoms in total. The predicted octanol–water partition coefficient (Wildman–Crippen LogP) is 0.934. The van der Waals surface area contributed by atoms with E-state index in [1.54, 1.807) is 0 Å². The molecule has 19 heavy (non-hydrogen) atoms. The normalized spacial score (nSPS) is 11.8. The van der Waals surface area contributed by atoms with Crippen molar-refractivity contribution < 1.29 is 17.9 Å². The van der Waals surface area contributed by atoms with E-state index >= 15 is 0 Å². The Bertz CT molecular complexity index is 516. The maximum absolute atomic E-state index is 12.4. The molecule has 0 heterocycles. The van der Waals surface area contributed by atoms with E-state index in [9.17, 15) is 8.42 Å². The molecule has 0 spiro atoms. The third kappa shape index (κ3) is 3.82. The minimum absolute atomic E-state index is 0.100. The van der Waals surface area contributed by atoms with Gasteiger partial charge in [-0.1, -0.05) is 0 Å². The molecule has 0 aromatic heterocycles. The van der Waals surface area contributed by atoms with Crippen molar-refractivity contribution in [2.75, 3.05) is 39.6 Å². The van der Waals surface area contributed by atoms with Crippen LogP contribution < -0.4 is 10.5 Å². The molecule has 1 rings (SSSR count). The third-order valence-electron chi connectivity index (χ3n) is 2.63. The summed E-state index contributed by atoms with van der Waals surface area (Å²) >= 11 is 0. The van der Waals surface area contributed by atoms with E-state index in [-0.39, 0.29) is 17.2 Å². The van der Waals surface area contributed by atoms with Crippen molar-refractivity contribution in [1.29, 1.82) is 0 Å². The molecule has 0 aliphatic heterocycles. The fourth-order valence-electron chi connectivity index (χ4n) is 1.52. The van der Waals surface area contributed by atoms with Gasteiger partial charge in [0.25, 0.3) is 0 Å². The highest BCUT2D eigenvalue weighted by atomic mass is 32.2. The second-order valence-corrected chi connectivity index (χ2v) is 5.95. The number of rotatable bonds is 7. The molecule has 0 radical (unpaired) electrons. The molecular weight excluding hydrogens is 268 g/mol. The third-order valence-corrected chi connectivity index (χ3v) is 4.53. The number of sulfonamides is 1. The van der Waals surface area contributed by atoms with Crippen molar-refractivity contribution in [2.45, 2.75) is 11.8 Å². The van der Waals surface area contributed by atoms with E-state index in [4.69, 9.17) is 15.2 Å². The zero-order valence-electron chi connectivity index (χ0n) is 11.4. The molecule has 0 unspecified atom stereocenters. The first-order chi connectivity index (χ1) is 8.93. The summed E-state index contributed by atoms with van der Waals surface area (Å²) in [4.78, 5) is 0.100. The van der Waals surface area contributed by atoms with Gasteiger partial charge in [0.1, 0.15) is 10.6 Å². The topological polar surface area (TPSA) is 81.9 Å².